The Morgan fingerprint density at radius 1 is 0.951 bits per heavy atom. The second-order valence-electron chi connectivity index (χ2n) is 8.77. The fraction of sp³-hybridized carbons (Fsp3) is 0.143. The molecule has 9 nitrogen and oxygen atoms in total. The van der Waals surface area contributed by atoms with Gasteiger partial charge in [-0.05, 0) is 25.1 Å². The van der Waals surface area contributed by atoms with Crippen molar-refractivity contribution < 1.29 is 46.3 Å². The number of nitrogens with zero attached hydrogens (tertiary/aromatic N) is 1. The van der Waals surface area contributed by atoms with Crippen molar-refractivity contribution in [3.8, 4) is 28.2 Å². The summed E-state index contributed by atoms with van der Waals surface area (Å²) in [6.07, 6.45) is -7.02. The van der Waals surface area contributed by atoms with E-state index in [0.717, 1.165) is 18.2 Å². The number of ether oxygens (including phenoxy) is 1. The van der Waals surface area contributed by atoms with E-state index < -0.39 is 48.6 Å². The van der Waals surface area contributed by atoms with Crippen molar-refractivity contribution in [3.05, 3.63) is 83.8 Å². The highest BCUT2D eigenvalue weighted by molar-refractivity contribution is 6.12. The summed E-state index contributed by atoms with van der Waals surface area (Å²) < 4.78 is 63.4. The Hall–Kier alpha value is -5.20. The number of nitrogens with one attached hydrogen (secondary N) is 2. The number of aryl methyl sites for hydroxylation is 1. The van der Waals surface area contributed by atoms with Gasteiger partial charge in [0.2, 0.25) is 5.91 Å². The van der Waals surface area contributed by atoms with Gasteiger partial charge in [-0.15, -0.1) is 0 Å². The van der Waals surface area contributed by atoms with Crippen LogP contribution in [0.2, 0.25) is 0 Å². The lowest BCUT2D eigenvalue weighted by atomic mass is 10.0. The van der Waals surface area contributed by atoms with E-state index in [1.165, 1.54) is 30.3 Å². The average Bonchev–Trinajstić information content (AvgIpc) is 3.34. The van der Waals surface area contributed by atoms with Gasteiger partial charge in [0.15, 0.2) is 18.2 Å². The van der Waals surface area contributed by atoms with Crippen molar-refractivity contribution >= 4 is 29.2 Å². The quantitative estimate of drug-likeness (QED) is 0.116. The van der Waals surface area contributed by atoms with Gasteiger partial charge in [0.1, 0.15) is 11.6 Å². The highest BCUT2D eigenvalue weighted by Gasteiger charge is 2.30. The summed E-state index contributed by atoms with van der Waals surface area (Å²) in [4.78, 5) is 37.1. The van der Waals surface area contributed by atoms with E-state index in [9.17, 15) is 37.1 Å². The average molecular weight is 571 g/mol. The van der Waals surface area contributed by atoms with Crippen LogP contribution in [0.15, 0.2) is 71.3 Å². The molecule has 0 aliphatic rings. The van der Waals surface area contributed by atoms with Gasteiger partial charge in [-0.25, -0.2) is 9.18 Å². The van der Waals surface area contributed by atoms with Gasteiger partial charge >= 0.3 is 12.3 Å². The second kappa shape index (κ2) is 11.9. The lowest BCUT2D eigenvalue weighted by Gasteiger charge is -2.18. The summed E-state index contributed by atoms with van der Waals surface area (Å²) in [5.74, 6) is -2.35. The number of hydrogen-bond donors (Lipinski definition) is 3. The number of ketones is 1. The fourth-order valence-corrected chi connectivity index (χ4v) is 3.86. The Morgan fingerprint density at radius 2 is 1.68 bits per heavy atom. The molecule has 0 saturated heterocycles. The van der Waals surface area contributed by atoms with Crippen LogP contribution in [0.3, 0.4) is 0 Å². The molecule has 0 saturated carbocycles. The van der Waals surface area contributed by atoms with Crippen LogP contribution in [-0.2, 0) is 4.79 Å². The molecular weight excluding hydrogens is 550 g/mol. The van der Waals surface area contributed by atoms with E-state index in [-0.39, 0.29) is 28.1 Å². The van der Waals surface area contributed by atoms with Crippen molar-refractivity contribution in [2.45, 2.75) is 19.5 Å². The van der Waals surface area contributed by atoms with E-state index in [1.54, 1.807) is 25.1 Å². The first-order valence-corrected chi connectivity index (χ1v) is 11.9. The summed E-state index contributed by atoms with van der Waals surface area (Å²) in [7, 11) is 0. The number of Topliss-reactive ketones (excluding diaryl/α,β-unsaturated/α-hetero) is 1. The molecule has 3 aromatic carbocycles. The predicted octanol–water partition coefficient (Wildman–Crippen LogP) is 6.70. The molecule has 0 atom stereocenters. The Bertz CT molecular complexity index is 1620. The van der Waals surface area contributed by atoms with Crippen molar-refractivity contribution in [3.63, 3.8) is 0 Å². The van der Waals surface area contributed by atoms with Gasteiger partial charge in [-0.3, -0.25) is 14.9 Å². The van der Waals surface area contributed by atoms with E-state index in [2.05, 4.69) is 10.5 Å². The molecule has 0 bridgehead atoms. The molecule has 212 valence electrons. The molecular formula is C28H21F4N3O6. The van der Waals surface area contributed by atoms with Crippen LogP contribution in [0.25, 0.3) is 22.5 Å². The maximum atomic E-state index is 14.6. The number of anilines is 2. The molecule has 2 amide bonds. The molecule has 4 rings (SSSR count). The van der Waals surface area contributed by atoms with Gasteiger partial charge in [0.05, 0.1) is 23.5 Å². The van der Waals surface area contributed by atoms with Crippen LogP contribution in [0.1, 0.15) is 22.5 Å². The molecule has 0 aliphatic heterocycles. The number of carbonyl (C=O) groups excluding carboxylic acids is 2. The molecule has 1 heterocycles. The molecule has 41 heavy (non-hydrogen) atoms. The third-order valence-corrected chi connectivity index (χ3v) is 5.61. The largest absolute Gasteiger partial charge is 0.483 e. The Morgan fingerprint density at radius 3 is 2.34 bits per heavy atom. The number of halogens is 4. The van der Waals surface area contributed by atoms with E-state index >= 15 is 0 Å². The number of aromatic nitrogens is 1. The molecule has 3 N–H and O–H groups in total. The number of carbonyl (C=O) groups is 3. The van der Waals surface area contributed by atoms with Crippen LogP contribution >= 0.6 is 0 Å². The molecule has 0 unspecified atom stereocenters. The molecule has 13 heteroatoms. The van der Waals surface area contributed by atoms with E-state index in [0.29, 0.717) is 17.0 Å². The summed E-state index contributed by atoms with van der Waals surface area (Å²) in [6.45, 7) is -0.0136. The number of alkyl halides is 3. The topological polar surface area (TPSA) is 131 Å². The Balaban J connectivity index is 1.64. The van der Waals surface area contributed by atoms with Gasteiger partial charge in [-0.2, -0.15) is 13.2 Å². The van der Waals surface area contributed by atoms with Gasteiger partial charge in [-0.1, -0.05) is 41.6 Å². The second-order valence-corrected chi connectivity index (χ2v) is 8.77. The zero-order valence-corrected chi connectivity index (χ0v) is 21.2. The zero-order chi connectivity index (χ0) is 29.7. The van der Waals surface area contributed by atoms with Gasteiger partial charge < -0.3 is 19.7 Å². The first-order chi connectivity index (χ1) is 19.4. The minimum Gasteiger partial charge on any atom is -0.483 e. The van der Waals surface area contributed by atoms with Crippen LogP contribution in [0.4, 0.5) is 33.7 Å². The molecule has 1 aromatic heterocycles. The molecule has 0 radical (unpaired) electrons. The minimum absolute atomic E-state index is 0.169. The zero-order valence-electron chi connectivity index (χ0n) is 21.2. The van der Waals surface area contributed by atoms with Crippen molar-refractivity contribution in [2.75, 3.05) is 17.2 Å². The molecule has 0 spiro atoms. The van der Waals surface area contributed by atoms with Gasteiger partial charge in [0, 0.05) is 34.4 Å². The van der Waals surface area contributed by atoms with Crippen molar-refractivity contribution in [1.29, 1.82) is 0 Å². The van der Waals surface area contributed by atoms with Crippen molar-refractivity contribution in [2.24, 2.45) is 0 Å². The third kappa shape index (κ3) is 7.47. The summed E-state index contributed by atoms with van der Waals surface area (Å²) >= 11 is 0. The number of amides is 2. The Labute approximate surface area is 229 Å². The molecule has 0 fully saturated rings. The number of benzene rings is 3. The highest BCUT2D eigenvalue weighted by atomic mass is 19.4. The summed E-state index contributed by atoms with van der Waals surface area (Å²) in [6, 6.07) is 15.0. The monoisotopic (exact) mass is 571 g/mol. The lowest BCUT2D eigenvalue weighted by molar-refractivity contribution is -0.153. The van der Waals surface area contributed by atoms with Crippen LogP contribution in [0, 0.1) is 12.7 Å². The third-order valence-electron chi connectivity index (χ3n) is 5.61. The van der Waals surface area contributed by atoms with E-state index in [4.69, 9.17) is 9.26 Å². The molecule has 4 aromatic rings. The normalized spacial score (nSPS) is 11.1. The molecule has 0 aliphatic carbocycles. The van der Waals surface area contributed by atoms with Gasteiger partial charge in [0.25, 0.3) is 0 Å². The number of carboxylic acid groups (broad SMARTS) is 1. The van der Waals surface area contributed by atoms with E-state index in [1.807, 2.05) is 5.32 Å². The van der Waals surface area contributed by atoms with Crippen LogP contribution in [0.5, 0.6) is 5.75 Å². The minimum atomic E-state index is -4.75. The first-order valence-electron chi connectivity index (χ1n) is 11.9. The fourth-order valence-electron chi connectivity index (χ4n) is 3.86. The first kappa shape index (κ1) is 28.8. The Kier molecular flexibility index (Phi) is 8.36. The standard InChI is InChI=1S/C28H21F4N3O6/c1-15-9-24(41-35-15)17-6-4-5-16(10-17)23(36)13-26(37)33-21-11-19(18-7-2-3-8-20(18)29)25(40-14-28(30,31)32)12-22(21)34-27(38)39/h2-12,34H,13-14H2,1H3,(H,33,37)(H,38,39). The highest BCUT2D eigenvalue weighted by Crippen LogP contribution is 2.39. The number of rotatable bonds is 9. The maximum absolute atomic E-state index is 14.6. The predicted molar refractivity (Wildman–Crippen MR) is 139 cm³/mol. The lowest BCUT2D eigenvalue weighted by Crippen LogP contribution is -2.21. The summed E-state index contributed by atoms with van der Waals surface area (Å²) in [5.41, 5.74) is 0.392. The smallest absolute Gasteiger partial charge is 0.422 e. The SMILES string of the molecule is Cc1cc(-c2cccc(C(=O)CC(=O)Nc3cc(-c4ccccc4F)c(OCC(F)(F)F)cc3NC(=O)O)c2)on1. The van der Waals surface area contributed by atoms with Crippen LogP contribution < -0.4 is 15.4 Å². The van der Waals surface area contributed by atoms with Crippen LogP contribution in [-0.4, -0.2) is 40.8 Å². The summed E-state index contributed by atoms with van der Waals surface area (Å²) in [5, 5.41) is 17.4. The maximum Gasteiger partial charge on any atom is 0.422 e. The number of hydrogen-bond acceptors (Lipinski definition) is 6. The van der Waals surface area contributed by atoms with Crippen molar-refractivity contribution in [1.82, 2.24) is 5.16 Å².